The molecule has 0 aliphatic carbocycles. The Bertz CT molecular complexity index is 511. The number of nitrogens with zero attached hydrogens (tertiary/aromatic N) is 1. The molecule has 90 valence electrons. The lowest BCUT2D eigenvalue weighted by Crippen LogP contribution is -2.18. The summed E-state index contributed by atoms with van der Waals surface area (Å²) in [6.07, 6.45) is 0.835. The second-order valence-electron chi connectivity index (χ2n) is 3.64. The number of aryl methyl sites for hydroxylation is 1. The van der Waals surface area contributed by atoms with Gasteiger partial charge in [-0.1, -0.05) is 6.92 Å². The van der Waals surface area contributed by atoms with Crippen LogP contribution in [-0.2, 0) is 4.74 Å². The maximum atomic E-state index is 11.8. The number of ether oxygens (including phenoxy) is 1. The van der Waals surface area contributed by atoms with Crippen molar-refractivity contribution in [1.82, 2.24) is 4.98 Å². The van der Waals surface area contributed by atoms with E-state index < -0.39 is 5.56 Å². The third kappa shape index (κ3) is 3.26. The highest BCUT2D eigenvalue weighted by Gasteiger charge is 2.12. The Morgan fingerprint density at radius 3 is 2.88 bits per heavy atom. The standard InChI is InChI=1S/C12H14N2O3/c1-3-4-17-7-11(15)10-5-9(6-13)12(16)14-8(10)2/h5H,3-4,7H2,1-2H3,(H,14,16). The number of carbonyl (C=O) groups is 1. The number of hydrogen-bond donors (Lipinski definition) is 1. The molecule has 0 unspecified atom stereocenters. The van der Waals surface area contributed by atoms with Gasteiger partial charge in [-0.05, 0) is 19.4 Å². The molecule has 1 aromatic heterocycles. The third-order valence-corrected chi connectivity index (χ3v) is 2.24. The molecule has 0 atom stereocenters. The Morgan fingerprint density at radius 1 is 1.59 bits per heavy atom. The summed E-state index contributed by atoms with van der Waals surface area (Å²) in [5, 5.41) is 8.72. The van der Waals surface area contributed by atoms with Gasteiger partial charge in [0.2, 0.25) is 0 Å². The largest absolute Gasteiger partial charge is 0.373 e. The number of hydrogen-bond acceptors (Lipinski definition) is 4. The number of pyridine rings is 1. The smallest absolute Gasteiger partial charge is 0.266 e. The van der Waals surface area contributed by atoms with Gasteiger partial charge in [0.05, 0.1) is 0 Å². The predicted molar refractivity (Wildman–Crippen MR) is 62.0 cm³/mol. The fourth-order valence-corrected chi connectivity index (χ4v) is 1.38. The minimum atomic E-state index is -0.476. The number of nitriles is 1. The summed E-state index contributed by atoms with van der Waals surface area (Å²) in [4.78, 5) is 25.5. The molecule has 1 rings (SSSR count). The van der Waals surface area contributed by atoms with E-state index in [1.165, 1.54) is 6.07 Å². The van der Waals surface area contributed by atoms with Crippen LogP contribution in [0.4, 0.5) is 0 Å². The van der Waals surface area contributed by atoms with Crippen molar-refractivity contribution < 1.29 is 9.53 Å². The fraction of sp³-hybridized carbons (Fsp3) is 0.417. The molecule has 0 fully saturated rings. The highest BCUT2D eigenvalue weighted by molar-refractivity contribution is 5.98. The monoisotopic (exact) mass is 234 g/mol. The summed E-state index contributed by atoms with van der Waals surface area (Å²) in [7, 11) is 0. The molecular weight excluding hydrogens is 220 g/mol. The topological polar surface area (TPSA) is 82.9 Å². The number of aromatic nitrogens is 1. The van der Waals surface area contributed by atoms with Gasteiger partial charge in [0, 0.05) is 17.9 Å². The van der Waals surface area contributed by atoms with Crippen molar-refractivity contribution in [3.8, 4) is 6.07 Å². The second kappa shape index (κ2) is 5.97. The number of H-pyrrole nitrogens is 1. The van der Waals surface area contributed by atoms with Crippen molar-refractivity contribution in [3.05, 3.63) is 33.2 Å². The minimum absolute atomic E-state index is 0.0361. The fourth-order valence-electron chi connectivity index (χ4n) is 1.38. The molecule has 17 heavy (non-hydrogen) atoms. The molecule has 0 bridgehead atoms. The van der Waals surface area contributed by atoms with Crippen molar-refractivity contribution in [3.63, 3.8) is 0 Å². The van der Waals surface area contributed by atoms with Crippen LogP contribution in [0.5, 0.6) is 0 Å². The number of rotatable bonds is 5. The highest BCUT2D eigenvalue weighted by atomic mass is 16.5. The van der Waals surface area contributed by atoms with Crippen molar-refractivity contribution in [2.24, 2.45) is 0 Å². The third-order valence-electron chi connectivity index (χ3n) is 2.24. The summed E-state index contributed by atoms with van der Waals surface area (Å²) in [5.41, 5.74) is 0.252. The molecular formula is C12H14N2O3. The lowest BCUT2D eigenvalue weighted by molar-refractivity contribution is 0.0760. The molecule has 1 aromatic rings. The molecule has 0 saturated heterocycles. The van der Waals surface area contributed by atoms with Gasteiger partial charge in [0.1, 0.15) is 18.2 Å². The molecule has 0 aliphatic rings. The number of ketones is 1. The first kappa shape index (κ1) is 13.1. The average molecular weight is 234 g/mol. The quantitative estimate of drug-likeness (QED) is 0.612. The molecule has 1 N–H and O–H groups in total. The van der Waals surface area contributed by atoms with Crippen molar-refractivity contribution >= 4 is 5.78 Å². The molecule has 5 heteroatoms. The van der Waals surface area contributed by atoms with Crippen LogP contribution in [0, 0.1) is 18.3 Å². The molecule has 0 amide bonds. The van der Waals surface area contributed by atoms with E-state index in [0.29, 0.717) is 17.9 Å². The van der Waals surface area contributed by atoms with E-state index in [9.17, 15) is 9.59 Å². The molecule has 0 aliphatic heterocycles. The van der Waals surface area contributed by atoms with Crippen molar-refractivity contribution in [1.29, 1.82) is 5.26 Å². The maximum Gasteiger partial charge on any atom is 0.266 e. The van der Waals surface area contributed by atoms with E-state index in [2.05, 4.69) is 4.98 Å². The average Bonchev–Trinajstić information content (AvgIpc) is 2.29. The molecule has 0 saturated carbocycles. The lowest BCUT2D eigenvalue weighted by Gasteiger charge is -2.05. The number of aromatic amines is 1. The summed E-state index contributed by atoms with van der Waals surface area (Å²) >= 11 is 0. The molecule has 0 aromatic carbocycles. The zero-order valence-electron chi connectivity index (χ0n) is 9.87. The van der Waals surface area contributed by atoms with Gasteiger partial charge < -0.3 is 9.72 Å². The Morgan fingerprint density at radius 2 is 2.29 bits per heavy atom. The van der Waals surface area contributed by atoms with Gasteiger partial charge in [0.15, 0.2) is 5.78 Å². The van der Waals surface area contributed by atoms with Gasteiger partial charge in [0.25, 0.3) is 5.56 Å². The van der Waals surface area contributed by atoms with Crippen LogP contribution in [0.25, 0.3) is 0 Å². The van der Waals surface area contributed by atoms with Gasteiger partial charge in [-0.25, -0.2) is 0 Å². The van der Waals surface area contributed by atoms with Crippen molar-refractivity contribution in [2.75, 3.05) is 13.2 Å². The first-order chi connectivity index (χ1) is 8.10. The van der Waals surface area contributed by atoms with Crippen molar-refractivity contribution in [2.45, 2.75) is 20.3 Å². The van der Waals surface area contributed by atoms with Gasteiger partial charge in [-0.2, -0.15) is 5.26 Å². The second-order valence-corrected chi connectivity index (χ2v) is 3.64. The van der Waals surface area contributed by atoms with E-state index in [4.69, 9.17) is 10.00 Å². The Labute approximate surface area is 99.0 Å². The number of Topliss-reactive ketones (excluding diaryl/α,β-unsaturated/α-hetero) is 1. The first-order valence-electron chi connectivity index (χ1n) is 5.35. The van der Waals surface area contributed by atoms with Crippen LogP contribution in [0.3, 0.4) is 0 Å². The molecule has 5 nitrogen and oxygen atoms in total. The van der Waals surface area contributed by atoms with E-state index in [1.54, 1.807) is 13.0 Å². The number of carbonyl (C=O) groups excluding carboxylic acids is 1. The Balaban J connectivity index is 2.94. The first-order valence-corrected chi connectivity index (χ1v) is 5.35. The van der Waals surface area contributed by atoms with E-state index in [0.717, 1.165) is 6.42 Å². The van der Waals surface area contributed by atoms with Crippen LogP contribution >= 0.6 is 0 Å². The Hall–Kier alpha value is -1.93. The van der Waals surface area contributed by atoms with Crippen LogP contribution in [0.1, 0.15) is 35.0 Å². The van der Waals surface area contributed by atoms with E-state index >= 15 is 0 Å². The van der Waals surface area contributed by atoms with Gasteiger partial charge in [-0.3, -0.25) is 9.59 Å². The molecule has 1 heterocycles. The van der Waals surface area contributed by atoms with Gasteiger partial charge >= 0.3 is 0 Å². The zero-order chi connectivity index (χ0) is 12.8. The van der Waals surface area contributed by atoms with E-state index in [-0.39, 0.29) is 18.0 Å². The normalized spacial score (nSPS) is 9.94. The summed E-state index contributed by atoms with van der Waals surface area (Å²) in [6.45, 7) is 4.05. The maximum absolute atomic E-state index is 11.8. The van der Waals surface area contributed by atoms with Gasteiger partial charge in [-0.15, -0.1) is 0 Å². The molecule has 0 radical (unpaired) electrons. The van der Waals surface area contributed by atoms with Crippen LogP contribution < -0.4 is 5.56 Å². The summed E-state index contributed by atoms with van der Waals surface area (Å²) < 4.78 is 5.13. The minimum Gasteiger partial charge on any atom is -0.373 e. The molecule has 0 spiro atoms. The SMILES string of the molecule is CCCOCC(=O)c1cc(C#N)c(=O)[nH]c1C. The van der Waals surface area contributed by atoms with E-state index in [1.807, 2.05) is 6.92 Å². The zero-order valence-corrected chi connectivity index (χ0v) is 9.87. The number of nitrogens with one attached hydrogen (secondary N) is 1. The summed E-state index contributed by atoms with van der Waals surface area (Å²) in [6, 6.07) is 3.06. The predicted octanol–water partition coefficient (Wildman–Crippen LogP) is 1.16. The van der Waals surface area contributed by atoms with Crippen LogP contribution in [-0.4, -0.2) is 24.0 Å². The highest BCUT2D eigenvalue weighted by Crippen LogP contribution is 2.06. The van der Waals surface area contributed by atoms with Crippen LogP contribution in [0.15, 0.2) is 10.9 Å². The summed E-state index contributed by atoms with van der Waals surface area (Å²) in [5.74, 6) is -0.233. The lowest BCUT2D eigenvalue weighted by atomic mass is 10.1. The van der Waals surface area contributed by atoms with Crippen LogP contribution in [0.2, 0.25) is 0 Å². The Kier molecular flexibility index (Phi) is 4.61.